The van der Waals surface area contributed by atoms with Crippen LogP contribution in [0, 0.1) is 6.92 Å². The van der Waals surface area contributed by atoms with Crippen LogP contribution in [0.5, 0.6) is 0 Å². The Morgan fingerprint density at radius 1 is 1.32 bits per heavy atom. The maximum atomic E-state index is 12.9. The van der Waals surface area contributed by atoms with Gasteiger partial charge in [0.25, 0.3) is 5.91 Å². The van der Waals surface area contributed by atoms with Crippen LogP contribution < -0.4 is 5.32 Å². The molecule has 2 aromatic rings. The zero-order valence-corrected chi connectivity index (χ0v) is 16.9. The number of hydrogen-bond acceptors (Lipinski definition) is 6. The Morgan fingerprint density at radius 3 is 2.71 bits per heavy atom. The standard InChI is InChI=1S/C21H30N4O3/c1-15(2)18-7-5-17(6-8-18)13-25-12-4-10-21(27,20(25)26)14-22-11-9-19-23-16(3)28-24-19/h5-8,15,22,27H,4,9-14H2,1-3H3/t21-/m0/s1. The average molecular weight is 386 g/mol. The summed E-state index contributed by atoms with van der Waals surface area (Å²) in [5.41, 5.74) is 1.01. The van der Waals surface area contributed by atoms with Gasteiger partial charge in [0, 0.05) is 39.5 Å². The van der Waals surface area contributed by atoms with E-state index in [0.717, 1.165) is 12.0 Å². The number of carbonyl (C=O) groups excluding carboxylic acids is 1. The SMILES string of the molecule is Cc1nc(CCNC[C@@]2(O)CCCN(Cc3ccc(C(C)C)cc3)C2=O)no1. The molecule has 0 aliphatic carbocycles. The zero-order valence-electron chi connectivity index (χ0n) is 16.9. The highest BCUT2D eigenvalue weighted by Gasteiger charge is 2.41. The van der Waals surface area contributed by atoms with Crippen molar-refractivity contribution < 1.29 is 14.4 Å². The Kier molecular flexibility index (Phi) is 6.46. The van der Waals surface area contributed by atoms with E-state index in [1.807, 2.05) is 0 Å². The minimum absolute atomic E-state index is 0.199. The second kappa shape index (κ2) is 8.84. The van der Waals surface area contributed by atoms with Gasteiger partial charge in [-0.3, -0.25) is 4.79 Å². The van der Waals surface area contributed by atoms with E-state index in [-0.39, 0.29) is 12.5 Å². The second-order valence-electron chi connectivity index (χ2n) is 7.91. The number of piperidine rings is 1. The number of aromatic nitrogens is 2. The molecule has 3 rings (SSSR count). The van der Waals surface area contributed by atoms with Crippen molar-refractivity contribution in [2.75, 3.05) is 19.6 Å². The summed E-state index contributed by atoms with van der Waals surface area (Å²) in [5.74, 6) is 1.44. The van der Waals surface area contributed by atoms with Gasteiger partial charge in [0.2, 0.25) is 5.89 Å². The molecule has 1 amide bonds. The van der Waals surface area contributed by atoms with E-state index in [1.165, 1.54) is 5.56 Å². The number of carbonyl (C=O) groups is 1. The molecule has 1 atom stereocenters. The third-order valence-electron chi connectivity index (χ3n) is 5.24. The molecule has 7 nitrogen and oxygen atoms in total. The van der Waals surface area contributed by atoms with Crippen LogP contribution in [0.4, 0.5) is 0 Å². The number of rotatable bonds is 8. The van der Waals surface area contributed by atoms with Gasteiger partial charge >= 0.3 is 0 Å². The van der Waals surface area contributed by atoms with Crippen LogP contribution in [-0.2, 0) is 17.8 Å². The first-order valence-corrected chi connectivity index (χ1v) is 9.98. The van der Waals surface area contributed by atoms with Crippen LogP contribution in [-0.4, -0.2) is 51.3 Å². The lowest BCUT2D eigenvalue weighted by molar-refractivity contribution is -0.157. The summed E-state index contributed by atoms with van der Waals surface area (Å²) in [4.78, 5) is 18.8. The van der Waals surface area contributed by atoms with E-state index in [2.05, 4.69) is 53.6 Å². The normalized spacial score (nSPS) is 20.2. The number of amides is 1. The van der Waals surface area contributed by atoms with E-state index in [4.69, 9.17) is 4.52 Å². The number of nitrogens with zero attached hydrogens (tertiary/aromatic N) is 3. The first kappa shape index (κ1) is 20.5. The average Bonchev–Trinajstić information content (AvgIpc) is 3.08. The molecule has 1 aliphatic heterocycles. The maximum absolute atomic E-state index is 12.9. The number of nitrogens with one attached hydrogen (secondary N) is 1. The van der Waals surface area contributed by atoms with Crippen molar-refractivity contribution in [3.05, 3.63) is 47.1 Å². The molecule has 0 bridgehead atoms. The van der Waals surface area contributed by atoms with Crippen molar-refractivity contribution in [2.24, 2.45) is 0 Å². The molecule has 0 radical (unpaired) electrons. The minimum Gasteiger partial charge on any atom is -0.379 e. The van der Waals surface area contributed by atoms with E-state index in [1.54, 1.807) is 11.8 Å². The Labute approximate surface area is 166 Å². The first-order chi connectivity index (χ1) is 13.4. The molecular weight excluding hydrogens is 356 g/mol. The predicted molar refractivity (Wildman–Crippen MR) is 106 cm³/mol. The Hall–Kier alpha value is -2.25. The van der Waals surface area contributed by atoms with Crippen LogP contribution in [0.15, 0.2) is 28.8 Å². The molecule has 1 fully saturated rings. The predicted octanol–water partition coefficient (Wildman–Crippen LogP) is 2.19. The quantitative estimate of drug-likeness (QED) is 0.676. The van der Waals surface area contributed by atoms with Crippen molar-refractivity contribution in [3.8, 4) is 0 Å². The summed E-state index contributed by atoms with van der Waals surface area (Å²) < 4.78 is 4.94. The molecule has 0 unspecified atom stereocenters. The fourth-order valence-electron chi connectivity index (χ4n) is 3.55. The molecule has 1 saturated heterocycles. The summed E-state index contributed by atoms with van der Waals surface area (Å²) in [5, 5.41) is 17.9. The molecule has 7 heteroatoms. The molecule has 0 spiro atoms. The monoisotopic (exact) mass is 386 g/mol. The van der Waals surface area contributed by atoms with Gasteiger partial charge in [0.1, 0.15) is 0 Å². The van der Waals surface area contributed by atoms with Gasteiger partial charge < -0.3 is 19.8 Å². The number of aliphatic hydroxyl groups is 1. The number of benzene rings is 1. The number of likely N-dealkylation sites (tertiary alicyclic amines) is 1. The topological polar surface area (TPSA) is 91.5 Å². The molecule has 0 saturated carbocycles. The van der Waals surface area contributed by atoms with E-state index < -0.39 is 5.60 Å². The van der Waals surface area contributed by atoms with Gasteiger partial charge in [-0.25, -0.2) is 0 Å². The molecule has 28 heavy (non-hydrogen) atoms. The molecule has 1 aromatic carbocycles. The summed E-state index contributed by atoms with van der Waals surface area (Å²) in [6, 6.07) is 8.37. The molecule has 1 aromatic heterocycles. The van der Waals surface area contributed by atoms with E-state index >= 15 is 0 Å². The fraction of sp³-hybridized carbons (Fsp3) is 0.571. The van der Waals surface area contributed by atoms with Crippen LogP contribution >= 0.6 is 0 Å². The lowest BCUT2D eigenvalue weighted by atomic mass is 9.91. The smallest absolute Gasteiger partial charge is 0.256 e. The summed E-state index contributed by atoms with van der Waals surface area (Å²) in [7, 11) is 0. The largest absolute Gasteiger partial charge is 0.379 e. The highest BCUT2D eigenvalue weighted by atomic mass is 16.5. The highest BCUT2D eigenvalue weighted by molar-refractivity contribution is 5.86. The van der Waals surface area contributed by atoms with Gasteiger partial charge in [0.05, 0.1) is 0 Å². The van der Waals surface area contributed by atoms with E-state index in [9.17, 15) is 9.90 Å². The molecular formula is C21H30N4O3. The first-order valence-electron chi connectivity index (χ1n) is 9.98. The van der Waals surface area contributed by atoms with Crippen LogP contribution in [0.2, 0.25) is 0 Å². The molecule has 152 valence electrons. The Balaban J connectivity index is 1.53. The van der Waals surface area contributed by atoms with Gasteiger partial charge in [-0.05, 0) is 29.9 Å². The minimum atomic E-state index is -1.36. The Bertz CT molecular complexity index is 787. The van der Waals surface area contributed by atoms with Gasteiger partial charge in [-0.1, -0.05) is 43.3 Å². The fourth-order valence-corrected chi connectivity index (χ4v) is 3.55. The van der Waals surface area contributed by atoms with Crippen molar-refractivity contribution in [2.45, 2.75) is 58.1 Å². The van der Waals surface area contributed by atoms with Crippen molar-refractivity contribution in [1.29, 1.82) is 0 Å². The second-order valence-corrected chi connectivity index (χ2v) is 7.91. The van der Waals surface area contributed by atoms with Crippen LogP contribution in [0.1, 0.15) is 55.4 Å². The van der Waals surface area contributed by atoms with Crippen molar-refractivity contribution in [1.82, 2.24) is 20.4 Å². The van der Waals surface area contributed by atoms with E-state index in [0.29, 0.717) is 50.1 Å². The summed E-state index contributed by atoms with van der Waals surface area (Å²) >= 11 is 0. The van der Waals surface area contributed by atoms with Crippen molar-refractivity contribution >= 4 is 5.91 Å². The summed E-state index contributed by atoms with van der Waals surface area (Å²) in [6.45, 7) is 8.08. The lowest BCUT2D eigenvalue weighted by Gasteiger charge is -2.38. The molecule has 2 heterocycles. The van der Waals surface area contributed by atoms with Gasteiger partial charge in [-0.15, -0.1) is 0 Å². The number of hydrogen-bond donors (Lipinski definition) is 2. The van der Waals surface area contributed by atoms with Gasteiger partial charge in [0.15, 0.2) is 11.4 Å². The summed E-state index contributed by atoms with van der Waals surface area (Å²) in [6.07, 6.45) is 1.86. The zero-order chi connectivity index (χ0) is 20.1. The third kappa shape index (κ3) is 4.97. The number of aryl methyl sites for hydroxylation is 1. The Morgan fingerprint density at radius 2 is 2.07 bits per heavy atom. The highest BCUT2D eigenvalue weighted by Crippen LogP contribution is 2.24. The van der Waals surface area contributed by atoms with Gasteiger partial charge in [-0.2, -0.15) is 4.98 Å². The maximum Gasteiger partial charge on any atom is 0.256 e. The van der Waals surface area contributed by atoms with Crippen LogP contribution in [0.25, 0.3) is 0 Å². The molecule has 2 N–H and O–H groups in total. The lowest BCUT2D eigenvalue weighted by Crippen LogP contribution is -2.57. The molecule has 1 aliphatic rings. The van der Waals surface area contributed by atoms with Crippen molar-refractivity contribution in [3.63, 3.8) is 0 Å². The van der Waals surface area contributed by atoms with Crippen LogP contribution in [0.3, 0.4) is 0 Å². The third-order valence-corrected chi connectivity index (χ3v) is 5.24.